The molecule has 0 radical (unpaired) electrons. The first-order valence-corrected chi connectivity index (χ1v) is 8.96. The number of urea groups is 1. The van der Waals surface area contributed by atoms with Gasteiger partial charge >= 0.3 is 6.03 Å². The molecule has 2 aliphatic rings. The first-order valence-electron chi connectivity index (χ1n) is 8.08. The van der Waals surface area contributed by atoms with Gasteiger partial charge in [0, 0.05) is 4.88 Å². The molecule has 5 heteroatoms. The zero-order valence-electron chi connectivity index (χ0n) is 12.7. The van der Waals surface area contributed by atoms with Crippen LogP contribution in [-0.2, 0) is 6.42 Å². The molecule has 0 spiro atoms. The molecule has 0 saturated heterocycles. The summed E-state index contributed by atoms with van der Waals surface area (Å²) in [6.45, 7) is 0. The van der Waals surface area contributed by atoms with E-state index in [-0.39, 0.29) is 18.1 Å². The van der Waals surface area contributed by atoms with E-state index in [4.69, 9.17) is 0 Å². The van der Waals surface area contributed by atoms with Gasteiger partial charge in [0.2, 0.25) is 0 Å². The van der Waals surface area contributed by atoms with Crippen LogP contribution >= 0.6 is 11.3 Å². The second-order valence-electron chi connectivity index (χ2n) is 6.40. The predicted molar refractivity (Wildman–Crippen MR) is 90.3 cm³/mol. The van der Waals surface area contributed by atoms with Crippen LogP contribution in [-0.4, -0.2) is 17.2 Å². The Morgan fingerprint density at radius 1 is 1.22 bits per heavy atom. The van der Waals surface area contributed by atoms with Gasteiger partial charge in [-0.3, -0.25) is 0 Å². The Labute approximate surface area is 139 Å². The fourth-order valence-corrected chi connectivity index (χ4v) is 4.24. The number of fused-ring (bicyclic) bond motifs is 1. The zero-order valence-corrected chi connectivity index (χ0v) is 13.6. The minimum absolute atomic E-state index is 0.0934. The predicted octanol–water partition coefficient (Wildman–Crippen LogP) is 3.16. The second-order valence-corrected chi connectivity index (χ2v) is 7.38. The van der Waals surface area contributed by atoms with Gasteiger partial charge in [0.05, 0.1) is 18.2 Å². The summed E-state index contributed by atoms with van der Waals surface area (Å²) in [7, 11) is 0. The third-order valence-electron chi connectivity index (χ3n) is 4.74. The van der Waals surface area contributed by atoms with E-state index in [2.05, 4.69) is 16.7 Å². The van der Waals surface area contributed by atoms with Gasteiger partial charge in [0.1, 0.15) is 0 Å². The van der Waals surface area contributed by atoms with Gasteiger partial charge in [-0.15, -0.1) is 11.3 Å². The number of hydrogen-bond donors (Lipinski definition) is 3. The number of rotatable bonds is 4. The molecule has 23 heavy (non-hydrogen) atoms. The lowest BCUT2D eigenvalue weighted by Gasteiger charge is -2.21. The van der Waals surface area contributed by atoms with Crippen molar-refractivity contribution in [3.05, 3.63) is 57.8 Å². The Morgan fingerprint density at radius 2 is 2.04 bits per heavy atom. The molecule has 0 bridgehead atoms. The number of hydrogen-bond acceptors (Lipinski definition) is 3. The summed E-state index contributed by atoms with van der Waals surface area (Å²) >= 11 is 1.68. The third kappa shape index (κ3) is 2.99. The molecular weight excluding hydrogens is 308 g/mol. The van der Waals surface area contributed by atoms with Crippen molar-refractivity contribution in [1.82, 2.24) is 10.6 Å². The molecule has 2 amide bonds. The molecule has 2 aromatic rings. The lowest BCUT2D eigenvalue weighted by atomic mass is 10.1. The maximum absolute atomic E-state index is 12.4. The van der Waals surface area contributed by atoms with E-state index < -0.39 is 6.10 Å². The van der Waals surface area contributed by atoms with Gasteiger partial charge in [-0.1, -0.05) is 30.3 Å². The van der Waals surface area contributed by atoms with Gasteiger partial charge < -0.3 is 15.7 Å². The topological polar surface area (TPSA) is 61.4 Å². The first kappa shape index (κ1) is 14.7. The average Bonchev–Trinajstić information content (AvgIpc) is 3.15. The van der Waals surface area contributed by atoms with Gasteiger partial charge in [-0.2, -0.15) is 0 Å². The molecule has 1 aromatic carbocycles. The van der Waals surface area contributed by atoms with E-state index in [9.17, 15) is 9.90 Å². The Hall–Kier alpha value is -1.85. The summed E-state index contributed by atoms with van der Waals surface area (Å²) in [5.74, 6) is 0.546. The normalized spacial score (nSPS) is 24.0. The van der Waals surface area contributed by atoms with Crippen molar-refractivity contribution in [2.75, 3.05) is 0 Å². The highest BCUT2D eigenvalue weighted by molar-refractivity contribution is 7.10. The summed E-state index contributed by atoms with van der Waals surface area (Å²) < 4.78 is 0. The minimum atomic E-state index is -0.627. The molecule has 3 atom stereocenters. The molecule has 4 rings (SSSR count). The quantitative estimate of drug-likeness (QED) is 0.807. The molecule has 1 aromatic heterocycles. The molecule has 3 N–H and O–H groups in total. The molecule has 1 unspecified atom stereocenters. The minimum Gasteiger partial charge on any atom is -0.386 e. The SMILES string of the molecule is O=C(NC(c1cccs1)C1CC1)N[C@@H]1Cc2ccccc2[C@H]1O. The van der Waals surface area contributed by atoms with E-state index in [1.165, 1.54) is 17.7 Å². The maximum atomic E-state index is 12.4. The van der Waals surface area contributed by atoms with E-state index in [0.29, 0.717) is 12.3 Å². The largest absolute Gasteiger partial charge is 0.386 e. The van der Waals surface area contributed by atoms with Gasteiger partial charge in [0.15, 0.2) is 0 Å². The van der Waals surface area contributed by atoms with Crippen molar-refractivity contribution in [2.45, 2.75) is 37.5 Å². The third-order valence-corrected chi connectivity index (χ3v) is 5.70. The highest BCUT2D eigenvalue weighted by atomic mass is 32.1. The van der Waals surface area contributed by atoms with E-state index in [0.717, 1.165) is 11.1 Å². The van der Waals surface area contributed by atoms with E-state index >= 15 is 0 Å². The number of amides is 2. The van der Waals surface area contributed by atoms with E-state index in [1.807, 2.05) is 35.7 Å². The van der Waals surface area contributed by atoms with Crippen molar-refractivity contribution < 1.29 is 9.90 Å². The van der Waals surface area contributed by atoms with Crippen LogP contribution in [0.3, 0.4) is 0 Å². The van der Waals surface area contributed by atoms with E-state index in [1.54, 1.807) is 11.3 Å². The van der Waals surface area contributed by atoms with Crippen molar-refractivity contribution >= 4 is 17.4 Å². The smallest absolute Gasteiger partial charge is 0.315 e. The summed E-state index contributed by atoms with van der Waals surface area (Å²) in [6.07, 6.45) is 2.39. The number of benzene rings is 1. The van der Waals surface area contributed by atoms with Crippen molar-refractivity contribution in [3.63, 3.8) is 0 Å². The number of aliphatic hydroxyl groups is 1. The first-order chi connectivity index (χ1) is 11.2. The van der Waals surface area contributed by atoms with Crippen molar-refractivity contribution in [2.24, 2.45) is 5.92 Å². The fourth-order valence-electron chi connectivity index (χ4n) is 3.37. The summed E-state index contributed by atoms with van der Waals surface area (Å²) in [4.78, 5) is 13.6. The molecular formula is C18H20N2O2S. The summed E-state index contributed by atoms with van der Waals surface area (Å²) in [6, 6.07) is 11.6. The van der Waals surface area contributed by atoms with Crippen LogP contribution in [0.25, 0.3) is 0 Å². The number of aliphatic hydroxyl groups excluding tert-OH is 1. The molecule has 1 saturated carbocycles. The molecule has 4 nitrogen and oxygen atoms in total. The Kier molecular flexibility index (Phi) is 3.83. The van der Waals surface area contributed by atoms with Crippen molar-refractivity contribution in [1.29, 1.82) is 0 Å². The molecule has 0 aliphatic heterocycles. The second kappa shape index (κ2) is 5.98. The van der Waals surface area contributed by atoms with Crippen LogP contribution in [0, 0.1) is 5.92 Å². The number of nitrogens with one attached hydrogen (secondary N) is 2. The lowest BCUT2D eigenvalue weighted by molar-refractivity contribution is 0.142. The number of carbonyl (C=O) groups is 1. The highest BCUT2D eigenvalue weighted by Gasteiger charge is 2.36. The molecule has 1 fully saturated rings. The number of thiophene rings is 1. The zero-order chi connectivity index (χ0) is 15.8. The Bertz CT molecular complexity index is 697. The highest BCUT2D eigenvalue weighted by Crippen LogP contribution is 2.42. The molecule has 120 valence electrons. The van der Waals surface area contributed by atoms with Crippen LogP contribution in [0.4, 0.5) is 4.79 Å². The Morgan fingerprint density at radius 3 is 2.74 bits per heavy atom. The van der Waals surface area contributed by atoms with Crippen LogP contribution in [0.5, 0.6) is 0 Å². The maximum Gasteiger partial charge on any atom is 0.315 e. The van der Waals surface area contributed by atoms with Crippen LogP contribution in [0.2, 0.25) is 0 Å². The van der Waals surface area contributed by atoms with Crippen LogP contribution < -0.4 is 10.6 Å². The van der Waals surface area contributed by atoms with Gasteiger partial charge in [-0.05, 0) is 47.8 Å². The average molecular weight is 328 g/mol. The van der Waals surface area contributed by atoms with Gasteiger partial charge in [0.25, 0.3) is 0 Å². The number of carbonyl (C=O) groups excluding carboxylic acids is 1. The lowest BCUT2D eigenvalue weighted by Crippen LogP contribution is -2.45. The summed E-state index contributed by atoms with van der Waals surface area (Å²) in [5, 5.41) is 18.5. The van der Waals surface area contributed by atoms with Crippen molar-refractivity contribution in [3.8, 4) is 0 Å². The monoisotopic (exact) mass is 328 g/mol. The van der Waals surface area contributed by atoms with Gasteiger partial charge in [-0.25, -0.2) is 4.79 Å². The fraction of sp³-hybridized carbons (Fsp3) is 0.389. The Balaban J connectivity index is 1.41. The van der Waals surface area contributed by atoms with Crippen LogP contribution in [0.15, 0.2) is 41.8 Å². The standard InChI is InChI=1S/C18H20N2O2S/c21-17-13-5-2-1-4-12(13)10-14(17)19-18(22)20-16(11-7-8-11)15-6-3-9-23-15/h1-6,9,11,14,16-17,21H,7-8,10H2,(H2,19,20,22)/t14-,16?,17-/m1/s1. The van der Waals surface area contributed by atoms with Crippen LogP contribution in [0.1, 0.15) is 41.0 Å². The molecule has 2 aliphatic carbocycles. The summed E-state index contributed by atoms with van der Waals surface area (Å²) in [5.41, 5.74) is 2.04. The molecule has 1 heterocycles.